The molecule has 0 atom stereocenters. The number of pyridine rings is 1. The fourth-order valence-corrected chi connectivity index (χ4v) is 3.34. The average molecular weight is 377 g/mol. The van der Waals surface area contributed by atoms with E-state index in [0.717, 1.165) is 30.2 Å². The molecule has 0 aliphatic heterocycles. The summed E-state index contributed by atoms with van der Waals surface area (Å²) in [5, 5.41) is 7.76. The van der Waals surface area contributed by atoms with Crippen molar-refractivity contribution in [1.29, 1.82) is 0 Å². The third-order valence-electron chi connectivity index (χ3n) is 4.86. The van der Waals surface area contributed by atoms with Crippen LogP contribution < -0.4 is 10.1 Å². The van der Waals surface area contributed by atoms with Crippen molar-refractivity contribution in [2.24, 2.45) is 0 Å². The molecule has 0 fully saturated rings. The highest BCUT2D eigenvalue weighted by molar-refractivity contribution is 5.92. The van der Waals surface area contributed by atoms with E-state index in [-0.39, 0.29) is 18.2 Å². The van der Waals surface area contributed by atoms with Crippen molar-refractivity contribution in [2.75, 3.05) is 6.54 Å². The Morgan fingerprint density at radius 1 is 1.21 bits per heavy atom. The van der Waals surface area contributed by atoms with Crippen molar-refractivity contribution in [3.8, 4) is 5.75 Å². The van der Waals surface area contributed by atoms with Crippen LogP contribution >= 0.6 is 0 Å². The quantitative estimate of drug-likeness (QED) is 0.617. The minimum Gasteiger partial charge on any atom is -0.486 e. The highest BCUT2D eigenvalue weighted by Gasteiger charge is 2.13. The third-order valence-corrected chi connectivity index (χ3v) is 4.86. The number of hydrogen-bond donors (Lipinski definition) is 1. The molecular formula is C22H23N3O3. The molecule has 0 radical (unpaired) electrons. The molecule has 3 aromatic rings. The van der Waals surface area contributed by atoms with Crippen molar-refractivity contribution in [3.63, 3.8) is 0 Å². The fraction of sp³-hybridized carbons (Fsp3) is 0.318. The van der Waals surface area contributed by atoms with E-state index in [9.17, 15) is 4.79 Å². The normalized spacial score (nSPS) is 13.9. The average Bonchev–Trinajstić information content (AvgIpc) is 3.22. The monoisotopic (exact) mass is 377 g/mol. The molecule has 1 N–H and O–H groups in total. The summed E-state index contributed by atoms with van der Waals surface area (Å²) in [5.41, 5.74) is 2.63. The van der Waals surface area contributed by atoms with E-state index >= 15 is 0 Å². The van der Waals surface area contributed by atoms with Gasteiger partial charge < -0.3 is 14.6 Å². The maximum absolute atomic E-state index is 12.2. The van der Waals surface area contributed by atoms with Crippen molar-refractivity contribution >= 4 is 16.8 Å². The second-order valence-electron chi connectivity index (χ2n) is 6.94. The van der Waals surface area contributed by atoms with Gasteiger partial charge in [-0.15, -0.1) is 0 Å². The van der Waals surface area contributed by atoms with Crippen LogP contribution in [0.2, 0.25) is 0 Å². The number of amides is 1. The molecule has 28 heavy (non-hydrogen) atoms. The predicted molar refractivity (Wildman–Crippen MR) is 106 cm³/mol. The van der Waals surface area contributed by atoms with Gasteiger partial charge in [-0.2, -0.15) is 0 Å². The Kier molecular flexibility index (Phi) is 5.66. The van der Waals surface area contributed by atoms with E-state index in [1.807, 2.05) is 30.3 Å². The largest absolute Gasteiger partial charge is 0.486 e. The van der Waals surface area contributed by atoms with E-state index in [2.05, 4.69) is 21.5 Å². The third kappa shape index (κ3) is 4.57. The maximum atomic E-state index is 12.2. The zero-order valence-corrected chi connectivity index (χ0v) is 15.7. The lowest BCUT2D eigenvalue weighted by Crippen LogP contribution is -2.25. The summed E-state index contributed by atoms with van der Waals surface area (Å²) < 4.78 is 11.0. The number of ether oxygens (including phenoxy) is 1. The van der Waals surface area contributed by atoms with Crippen molar-refractivity contribution in [2.45, 2.75) is 38.7 Å². The summed E-state index contributed by atoms with van der Waals surface area (Å²) in [5.74, 6) is 0.998. The van der Waals surface area contributed by atoms with Crippen molar-refractivity contribution < 1.29 is 14.1 Å². The van der Waals surface area contributed by atoms with Gasteiger partial charge in [-0.25, -0.2) is 0 Å². The van der Waals surface area contributed by atoms with Crippen molar-refractivity contribution in [3.05, 3.63) is 65.7 Å². The number of carbonyl (C=O) groups is 1. The number of aromatic nitrogens is 2. The SMILES string of the molecule is O=C(NCCC1=CCCCC1)c1cc(COc2ccc3ncccc3c2)on1. The number of nitrogens with one attached hydrogen (secondary N) is 1. The molecule has 6 nitrogen and oxygen atoms in total. The molecule has 2 heterocycles. The van der Waals surface area contributed by atoms with E-state index in [1.165, 1.54) is 18.4 Å². The number of allylic oxidation sites excluding steroid dienone is 1. The van der Waals surface area contributed by atoms with Gasteiger partial charge in [0.2, 0.25) is 0 Å². The van der Waals surface area contributed by atoms with Gasteiger partial charge in [-0.3, -0.25) is 9.78 Å². The summed E-state index contributed by atoms with van der Waals surface area (Å²) in [6.45, 7) is 0.827. The molecule has 0 unspecified atom stereocenters. The number of nitrogens with zero attached hydrogens (tertiary/aromatic N) is 2. The van der Waals surface area contributed by atoms with E-state index < -0.39 is 0 Å². The first-order valence-corrected chi connectivity index (χ1v) is 9.67. The van der Waals surface area contributed by atoms with E-state index in [4.69, 9.17) is 9.26 Å². The molecule has 1 aliphatic rings. The van der Waals surface area contributed by atoms with Crippen LogP contribution in [0.25, 0.3) is 10.9 Å². The summed E-state index contributed by atoms with van der Waals surface area (Å²) in [6.07, 6.45) is 9.78. The Bertz CT molecular complexity index is 993. The first kappa shape index (κ1) is 18.2. The lowest BCUT2D eigenvalue weighted by Gasteiger charge is -2.12. The van der Waals surface area contributed by atoms with Gasteiger partial charge >= 0.3 is 0 Å². The maximum Gasteiger partial charge on any atom is 0.273 e. The van der Waals surface area contributed by atoms with Gasteiger partial charge in [0.05, 0.1) is 5.52 Å². The first-order valence-electron chi connectivity index (χ1n) is 9.67. The van der Waals surface area contributed by atoms with Crippen LogP contribution in [0.5, 0.6) is 5.75 Å². The van der Waals surface area contributed by atoms with Crippen LogP contribution in [0.15, 0.2) is 58.8 Å². The molecule has 4 rings (SSSR count). The van der Waals surface area contributed by atoms with Gasteiger partial charge in [0.1, 0.15) is 12.4 Å². The topological polar surface area (TPSA) is 77.2 Å². The smallest absolute Gasteiger partial charge is 0.273 e. The molecule has 1 amide bonds. The molecule has 0 spiro atoms. The van der Waals surface area contributed by atoms with Gasteiger partial charge in [0.25, 0.3) is 5.91 Å². The molecule has 144 valence electrons. The lowest BCUT2D eigenvalue weighted by molar-refractivity contribution is 0.0944. The zero-order valence-electron chi connectivity index (χ0n) is 15.7. The molecule has 0 bridgehead atoms. The Labute approximate surface area is 163 Å². The summed E-state index contributed by atoms with van der Waals surface area (Å²) in [6, 6.07) is 11.2. The second kappa shape index (κ2) is 8.69. The fourth-order valence-electron chi connectivity index (χ4n) is 3.34. The molecule has 1 aromatic carbocycles. The minimum absolute atomic E-state index is 0.207. The minimum atomic E-state index is -0.219. The summed E-state index contributed by atoms with van der Waals surface area (Å²) in [7, 11) is 0. The van der Waals surface area contributed by atoms with Crippen molar-refractivity contribution in [1.82, 2.24) is 15.5 Å². The number of carbonyl (C=O) groups excluding carboxylic acids is 1. The Hall–Kier alpha value is -3.15. The van der Waals surface area contributed by atoms with Crippen LogP contribution in [0.4, 0.5) is 0 Å². The molecule has 1 aliphatic carbocycles. The van der Waals surface area contributed by atoms with Crippen LogP contribution in [-0.2, 0) is 6.61 Å². The predicted octanol–water partition coefficient (Wildman–Crippen LogP) is 4.42. The molecule has 6 heteroatoms. The standard InChI is InChI=1S/C22H23N3O3/c26-22(24-12-10-16-5-2-1-3-6-16)21-14-19(28-25-21)15-27-18-8-9-20-17(13-18)7-4-11-23-20/h4-5,7-9,11,13-14H,1-3,6,10,12,15H2,(H,24,26). The Morgan fingerprint density at radius 3 is 3.07 bits per heavy atom. The summed E-state index contributed by atoms with van der Waals surface area (Å²) >= 11 is 0. The summed E-state index contributed by atoms with van der Waals surface area (Å²) in [4.78, 5) is 16.5. The Morgan fingerprint density at radius 2 is 2.18 bits per heavy atom. The highest BCUT2D eigenvalue weighted by Crippen LogP contribution is 2.21. The first-order chi connectivity index (χ1) is 13.8. The van der Waals surface area contributed by atoms with Crippen LogP contribution in [0, 0.1) is 0 Å². The zero-order chi connectivity index (χ0) is 19.2. The lowest BCUT2D eigenvalue weighted by atomic mass is 9.97. The van der Waals surface area contributed by atoms with E-state index in [0.29, 0.717) is 18.1 Å². The van der Waals surface area contributed by atoms with Crippen LogP contribution in [0.3, 0.4) is 0 Å². The van der Waals surface area contributed by atoms with Gasteiger partial charge in [-0.1, -0.05) is 22.9 Å². The van der Waals surface area contributed by atoms with Crippen LogP contribution in [0.1, 0.15) is 48.4 Å². The van der Waals surface area contributed by atoms with Gasteiger partial charge in [0, 0.05) is 24.2 Å². The Balaban J connectivity index is 1.28. The molecule has 2 aromatic heterocycles. The van der Waals surface area contributed by atoms with E-state index in [1.54, 1.807) is 12.3 Å². The molecular weight excluding hydrogens is 354 g/mol. The number of hydrogen-bond acceptors (Lipinski definition) is 5. The molecule has 0 saturated carbocycles. The van der Waals surface area contributed by atoms with Crippen LogP contribution in [-0.4, -0.2) is 22.6 Å². The molecule has 0 saturated heterocycles. The number of rotatable bonds is 7. The number of fused-ring (bicyclic) bond motifs is 1. The van der Waals surface area contributed by atoms with Gasteiger partial charge in [-0.05, 0) is 56.4 Å². The number of benzene rings is 1. The van der Waals surface area contributed by atoms with Gasteiger partial charge in [0.15, 0.2) is 11.5 Å². The second-order valence-corrected chi connectivity index (χ2v) is 6.94. The highest BCUT2D eigenvalue weighted by atomic mass is 16.5.